The number of esters is 1. The molecule has 1 atom stereocenters. The number of phenolic OH excluding ortho intramolecular Hbond substituents is 2. The van der Waals surface area contributed by atoms with Crippen molar-refractivity contribution in [3.8, 4) is 11.5 Å². The summed E-state index contributed by atoms with van der Waals surface area (Å²) in [5, 5.41) is 26.8. The minimum Gasteiger partial charge on any atom is -0.504 e. The molecule has 0 spiro atoms. The zero-order valence-electron chi connectivity index (χ0n) is 14.1. The van der Waals surface area contributed by atoms with Gasteiger partial charge in [-0.2, -0.15) is 10.1 Å². The molecule has 8 nitrogen and oxygen atoms in total. The van der Waals surface area contributed by atoms with E-state index in [1.807, 2.05) is 6.92 Å². The predicted octanol–water partition coefficient (Wildman–Crippen LogP) is 2.32. The molecule has 1 aromatic heterocycles. The maximum Gasteiger partial charge on any atom is 0.338 e. The average molecular weight is 344 g/mol. The summed E-state index contributed by atoms with van der Waals surface area (Å²) >= 11 is 0. The number of anilines is 1. The number of nitrogens with one attached hydrogen (secondary N) is 1. The van der Waals surface area contributed by atoms with E-state index in [-0.39, 0.29) is 18.1 Å². The first kappa shape index (κ1) is 16.8. The molecule has 1 aliphatic heterocycles. The number of allylic oxidation sites excluding steroid dienone is 1. The van der Waals surface area contributed by atoms with E-state index in [2.05, 4.69) is 15.4 Å². The summed E-state index contributed by atoms with van der Waals surface area (Å²) in [5.41, 5.74) is 1.74. The van der Waals surface area contributed by atoms with Crippen molar-refractivity contribution in [1.29, 1.82) is 0 Å². The van der Waals surface area contributed by atoms with Gasteiger partial charge in [0.2, 0.25) is 5.95 Å². The average Bonchev–Trinajstić information content (AvgIpc) is 3.04. The van der Waals surface area contributed by atoms with E-state index in [1.54, 1.807) is 17.7 Å². The first-order chi connectivity index (χ1) is 12.1. The van der Waals surface area contributed by atoms with Crippen LogP contribution in [0.15, 0.2) is 35.8 Å². The van der Waals surface area contributed by atoms with Crippen LogP contribution in [0.3, 0.4) is 0 Å². The highest BCUT2D eigenvalue weighted by atomic mass is 16.5. The summed E-state index contributed by atoms with van der Waals surface area (Å²) in [5.74, 6) is -0.434. The van der Waals surface area contributed by atoms with Gasteiger partial charge in [-0.25, -0.2) is 9.48 Å². The molecule has 1 aliphatic rings. The minimum atomic E-state index is -0.606. The van der Waals surface area contributed by atoms with Gasteiger partial charge in [0, 0.05) is 5.70 Å². The van der Waals surface area contributed by atoms with Crippen molar-refractivity contribution >= 4 is 11.9 Å². The standard InChI is InChI=1S/C17H20N4O4/c1-3-5-11-14(16(24)25-4-2)15(21-17(20-11)18-9-19-21)10-6-7-12(22)13(23)8-10/h6-9,15,22-23H,3-5H2,1-2H3,(H,18,19,20)/t15-/m0/s1. The Labute approximate surface area is 144 Å². The van der Waals surface area contributed by atoms with Crippen molar-refractivity contribution in [2.24, 2.45) is 0 Å². The third-order valence-corrected chi connectivity index (χ3v) is 3.99. The number of fused-ring (bicyclic) bond motifs is 1. The van der Waals surface area contributed by atoms with Crippen molar-refractivity contribution in [2.45, 2.75) is 32.7 Å². The van der Waals surface area contributed by atoms with Crippen LogP contribution >= 0.6 is 0 Å². The zero-order valence-corrected chi connectivity index (χ0v) is 14.1. The van der Waals surface area contributed by atoms with E-state index in [0.717, 1.165) is 12.1 Å². The number of hydrogen-bond acceptors (Lipinski definition) is 7. The predicted molar refractivity (Wildman–Crippen MR) is 90.1 cm³/mol. The van der Waals surface area contributed by atoms with Crippen LogP contribution in [0.1, 0.15) is 38.3 Å². The first-order valence-corrected chi connectivity index (χ1v) is 8.15. The molecule has 0 fully saturated rings. The molecule has 0 radical (unpaired) electrons. The molecule has 132 valence electrons. The van der Waals surface area contributed by atoms with Crippen LogP contribution in [-0.2, 0) is 9.53 Å². The van der Waals surface area contributed by atoms with Crippen molar-refractivity contribution in [2.75, 3.05) is 11.9 Å². The second kappa shape index (κ2) is 6.84. The SMILES string of the molecule is CCCC1=C(C(=O)OCC)[C@H](c2ccc(O)c(O)c2)n2ncnc2N1. The van der Waals surface area contributed by atoms with E-state index in [9.17, 15) is 15.0 Å². The van der Waals surface area contributed by atoms with Gasteiger partial charge in [0.1, 0.15) is 12.4 Å². The Balaban J connectivity index is 2.18. The van der Waals surface area contributed by atoms with Crippen LogP contribution < -0.4 is 5.32 Å². The third kappa shape index (κ3) is 3.02. The van der Waals surface area contributed by atoms with Gasteiger partial charge >= 0.3 is 5.97 Å². The van der Waals surface area contributed by atoms with Crippen LogP contribution in [-0.4, -0.2) is 37.6 Å². The van der Waals surface area contributed by atoms with Crippen molar-refractivity contribution < 1.29 is 19.7 Å². The maximum absolute atomic E-state index is 12.7. The molecule has 3 N–H and O–H groups in total. The monoisotopic (exact) mass is 344 g/mol. The molecular formula is C17H20N4O4. The van der Waals surface area contributed by atoms with Gasteiger partial charge in [0.05, 0.1) is 12.2 Å². The van der Waals surface area contributed by atoms with Gasteiger partial charge in [-0.15, -0.1) is 0 Å². The number of ether oxygens (including phenoxy) is 1. The van der Waals surface area contributed by atoms with Gasteiger partial charge in [-0.3, -0.25) is 0 Å². The molecule has 0 aliphatic carbocycles. The number of phenols is 2. The highest BCUT2D eigenvalue weighted by Gasteiger charge is 2.35. The minimum absolute atomic E-state index is 0.230. The number of benzene rings is 1. The van der Waals surface area contributed by atoms with Gasteiger partial charge in [0.15, 0.2) is 11.5 Å². The van der Waals surface area contributed by atoms with Crippen molar-refractivity contribution in [1.82, 2.24) is 14.8 Å². The fraction of sp³-hybridized carbons (Fsp3) is 0.353. The van der Waals surface area contributed by atoms with E-state index in [1.165, 1.54) is 18.5 Å². The number of carbonyl (C=O) groups is 1. The van der Waals surface area contributed by atoms with Gasteiger partial charge in [-0.05, 0) is 31.0 Å². The van der Waals surface area contributed by atoms with E-state index >= 15 is 0 Å². The molecule has 0 saturated heterocycles. The second-order valence-electron chi connectivity index (χ2n) is 5.67. The summed E-state index contributed by atoms with van der Waals surface area (Å²) in [6.45, 7) is 4.01. The fourth-order valence-corrected chi connectivity index (χ4v) is 2.93. The largest absolute Gasteiger partial charge is 0.504 e. The molecule has 0 bridgehead atoms. The van der Waals surface area contributed by atoms with Crippen LogP contribution in [0.5, 0.6) is 11.5 Å². The number of aromatic hydroxyl groups is 2. The molecule has 25 heavy (non-hydrogen) atoms. The quantitative estimate of drug-likeness (QED) is 0.564. The Morgan fingerprint density at radius 3 is 2.80 bits per heavy atom. The molecule has 2 aromatic rings. The molecule has 8 heteroatoms. The second-order valence-corrected chi connectivity index (χ2v) is 5.67. The van der Waals surface area contributed by atoms with E-state index in [0.29, 0.717) is 23.5 Å². The fourth-order valence-electron chi connectivity index (χ4n) is 2.93. The highest BCUT2D eigenvalue weighted by molar-refractivity contribution is 5.92. The number of rotatable bonds is 5. The topological polar surface area (TPSA) is 110 Å². The molecule has 2 heterocycles. The lowest BCUT2D eigenvalue weighted by Crippen LogP contribution is -2.30. The summed E-state index contributed by atoms with van der Waals surface area (Å²) in [4.78, 5) is 16.8. The molecule has 0 amide bonds. The van der Waals surface area contributed by atoms with E-state index < -0.39 is 12.0 Å². The van der Waals surface area contributed by atoms with Crippen LogP contribution in [0.4, 0.5) is 5.95 Å². The summed E-state index contributed by atoms with van der Waals surface area (Å²) in [6.07, 6.45) is 2.86. The van der Waals surface area contributed by atoms with E-state index in [4.69, 9.17) is 4.74 Å². The molecule has 0 saturated carbocycles. The van der Waals surface area contributed by atoms with Gasteiger partial charge < -0.3 is 20.3 Å². The normalized spacial score (nSPS) is 16.3. The highest BCUT2D eigenvalue weighted by Crippen LogP contribution is 2.39. The number of carbonyl (C=O) groups excluding carboxylic acids is 1. The lowest BCUT2D eigenvalue weighted by molar-refractivity contribution is -0.139. The molecule has 3 rings (SSSR count). The Morgan fingerprint density at radius 1 is 1.32 bits per heavy atom. The lowest BCUT2D eigenvalue weighted by atomic mass is 9.93. The zero-order chi connectivity index (χ0) is 18.0. The Bertz CT molecular complexity index is 828. The van der Waals surface area contributed by atoms with Crippen LogP contribution in [0, 0.1) is 0 Å². The number of aromatic nitrogens is 3. The van der Waals surface area contributed by atoms with Crippen molar-refractivity contribution in [3.05, 3.63) is 41.4 Å². The Kier molecular flexibility index (Phi) is 4.60. The van der Waals surface area contributed by atoms with Crippen LogP contribution in [0.2, 0.25) is 0 Å². The van der Waals surface area contributed by atoms with Crippen molar-refractivity contribution in [3.63, 3.8) is 0 Å². The maximum atomic E-state index is 12.7. The third-order valence-electron chi connectivity index (χ3n) is 3.99. The number of nitrogens with zero attached hydrogens (tertiary/aromatic N) is 3. The summed E-state index contributed by atoms with van der Waals surface area (Å²) in [7, 11) is 0. The summed E-state index contributed by atoms with van der Waals surface area (Å²) in [6, 6.07) is 3.83. The molecular weight excluding hydrogens is 324 g/mol. The van der Waals surface area contributed by atoms with Crippen LogP contribution in [0.25, 0.3) is 0 Å². The smallest absolute Gasteiger partial charge is 0.338 e. The molecule has 1 aromatic carbocycles. The lowest BCUT2D eigenvalue weighted by Gasteiger charge is -2.29. The Hall–Kier alpha value is -3.03. The molecule has 0 unspecified atom stereocenters. The van der Waals surface area contributed by atoms with Gasteiger partial charge in [0.25, 0.3) is 0 Å². The van der Waals surface area contributed by atoms with Gasteiger partial charge in [-0.1, -0.05) is 19.4 Å². The summed E-state index contributed by atoms with van der Waals surface area (Å²) < 4.78 is 6.81. The number of hydrogen-bond donors (Lipinski definition) is 3. The Morgan fingerprint density at radius 2 is 2.12 bits per heavy atom. The first-order valence-electron chi connectivity index (χ1n) is 8.15.